The van der Waals surface area contributed by atoms with Crippen LogP contribution < -0.4 is 10.2 Å². The topological polar surface area (TPSA) is 41.1 Å². The van der Waals surface area contributed by atoms with E-state index in [1.165, 1.54) is 0 Å². The molecular weight excluding hydrogens is 232 g/mol. The molecule has 0 amide bonds. The summed E-state index contributed by atoms with van der Waals surface area (Å²) < 4.78 is 0. The van der Waals surface area contributed by atoms with Crippen molar-refractivity contribution in [2.24, 2.45) is 0 Å². The summed E-state index contributed by atoms with van der Waals surface area (Å²) in [5.41, 5.74) is 3.24. The van der Waals surface area contributed by atoms with Crippen LogP contribution in [0.15, 0.2) is 23.8 Å². The summed E-state index contributed by atoms with van der Waals surface area (Å²) in [7, 11) is 4.04. The third-order valence-corrected chi connectivity index (χ3v) is 3.34. The van der Waals surface area contributed by atoms with Crippen molar-refractivity contribution in [3.8, 4) is 0 Å². The molecule has 5 heteroatoms. The Labute approximate surface area is 105 Å². The third-order valence-electron chi connectivity index (χ3n) is 2.38. The molecular formula is C12H16N4S. The van der Waals surface area contributed by atoms with Gasteiger partial charge in [-0.2, -0.15) is 0 Å². The first-order valence-corrected chi connectivity index (χ1v) is 6.31. The van der Waals surface area contributed by atoms with Crippen LogP contribution in [-0.2, 0) is 6.54 Å². The highest BCUT2D eigenvalue weighted by atomic mass is 32.1. The highest BCUT2D eigenvalue weighted by Gasteiger charge is 2.04. The number of aromatic nitrogens is 2. The average molecular weight is 248 g/mol. The van der Waals surface area contributed by atoms with Gasteiger partial charge in [0.1, 0.15) is 5.01 Å². The van der Waals surface area contributed by atoms with Crippen LogP contribution in [0.5, 0.6) is 0 Å². The van der Waals surface area contributed by atoms with Crippen LogP contribution in [0.4, 0.5) is 11.4 Å². The van der Waals surface area contributed by atoms with Gasteiger partial charge >= 0.3 is 0 Å². The van der Waals surface area contributed by atoms with Crippen molar-refractivity contribution in [3.63, 3.8) is 0 Å². The zero-order valence-electron chi connectivity index (χ0n) is 10.3. The number of thiazole rings is 1. The van der Waals surface area contributed by atoms with Crippen LogP contribution in [-0.4, -0.2) is 24.1 Å². The first-order valence-electron chi connectivity index (χ1n) is 5.43. The molecule has 0 aliphatic heterocycles. The Balaban J connectivity index is 2.08. The van der Waals surface area contributed by atoms with Crippen molar-refractivity contribution in [2.45, 2.75) is 13.5 Å². The van der Waals surface area contributed by atoms with Crippen molar-refractivity contribution < 1.29 is 0 Å². The van der Waals surface area contributed by atoms with Gasteiger partial charge in [0.15, 0.2) is 0 Å². The molecule has 0 fully saturated rings. The Morgan fingerprint density at radius 1 is 1.41 bits per heavy atom. The van der Waals surface area contributed by atoms with Gasteiger partial charge in [0, 0.05) is 31.4 Å². The zero-order valence-corrected chi connectivity index (χ0v) is 11.1. The summed E-state index contributed by atoms with van der Waals surface area (Å²) in [6.45, 7) is 2.75. The lowest BCUT2D eigenvalue weighted by molar-refractivity contribution is 1.05. The molecule has 1 N–H and O–H groups in total. The molecule has 0 aliphatic rings. The fraction of sp³-hybridized carbons (Fsp3) is 0.333. The Hall–Kier alpha value is -1.62. The molecule has 0 radical (unpaired) electrons. The summed E-state index contributed by atoms with van der Waals surface area (Å²) in [4.78, 5) is 10.6. The largest absolute Gasteiger partial charge is 0.376 e. The minimum atomic E-state index is 0.741. The summed E-state index contributed by atoms with van der Waals surface area (Å²) in [5, 5.41) is 6.52. The number of hydrogen-bond donors (Lipinski definition) is 1. The van der Waals surface area contributed by atoms with Crippen LogP contribution in [0.1, 0.15) is 10.7 Å². The molecule has 0 saturated carbocycles. The van der Waals surface area contributed by atoms with Crippen LogP contribution in [0.25, 0.3) is 0 Å². The smallest absolute Gasteiger partial charge is 0.112 e. The van der Waals surface area contributed by atoms with Crippen molar-refractivity contribution in [2.75, 3.05) is 24.3 Å². The first kappa shape index (κ1) is 11.9. The molecule has 2 aromatic heterocycles. The van der Waals surface area contributed by atoms with E-state index in [2.05, 4.69) is 25.6 Å². The van der Waals surface area contributed by atoms with Crippen LogP contribution in [0.3, 0.4) is 0 Å². The number of aryl methyl sites for hydroxylation is 1. The normalized spacial score (nSPS) is 10.3. The van der Waals surface area contributed by atoms with E-state index in [1.54, 1.807) is 17.5 Å². The van der Waals surface area contributed by atoms with Gasteiger partial charge in [-0.05, 0) is 13.0 Å². The minimum Gasteiger partial charge on any atom is -0.376 e. The van der Waals surface area contributed by atoms with E-state index < -0.39 is 0 Å². The minimum absolute atomic E-state index is 0.741. The lowest BCUT2D eigenvalue weighted by Crippen LogP contribution is -2.12. The second-order valence-corrected chi connectivity index (χ2v) is 4.97. The standard InChI is InChI=1S/C12H16N4S/c1-9-8-17-12(15-9)7-14-10-6-13-5-4-11(10)16(2)3/h4-6,8,14H,7H2,1-3H3. The second kappa shape index (κ2) is 5.14. The summed E-state index contributed by atoms with van der Waals surface area (Å²) in [6.07, 6.45) is 3.64. The molecule has 2 heterocycles. The summed E-state index contributed by atoms with van der Waals surface area (Å²) in [5.74, 6) is 0. The van der Waals surface area contributed by atoms with Crippen molar-refractivity contribution in [3.05, 3.63) is 34.5 Å². The lowest BCUT2D eigenvalue weighted by Gasteiger charge is -2.17. The molecule has 0 spiro atoms. The number of pyridine rings is 1. The van der Waals surface area contributed by atoms with Crippen molar-refractivity contribution >= 4 is 22.7 Å². The predicted molar refractivity (Wildman–Crippen MR) is 72.7 cm³/mol. The molecule has 2 rings (SSSR count). The van der Waals surface area contributed by atoms with Gasteiger partial charge in [-0.1, -0.05) is 0 Å². The van der Waals surface area contributed by atoms with Crippen molar-refractivity contribution in [1.29, 1.82) is 0 Å². The Morgan fingerprint density at radius 3 is 2.88 bits per heavy atom. The van der Waals surface area contributed by atoms with Crippen LogP contribution in [0, 0.1) is 6.92 Å². The van der Waals surface area contributed by atoms with Crippen molar-refractivity contribution in [1.82, 2.24) is 9.97 Å². The maximum atomic E-state index is 4.42. The number of hydrogen-bond acceptors (Lipinski definition) is 5. The van der Waals surface area contributed by atoms with Gasteiger partial charge in [-0.3, -0.25) is 4.98 Å². The van der Waals surface area contributed by atoms with Gasteiger partial charge in [-0.25, -0.2) is 4.98 Å². The van der Waals surface area contributed by atoms with Crippen LogP contribution in [0.2, 0.25) is 0 Å². The Kier molecular flexibility index (Phi) is 3.58. The van der Waals surface area contributed by atoms with Gasteiger partial charge in [-0.15, -0.1) is 11.3 Å². The molecule has 0 bridgehead atoms. The molecule has 0 atom stereocenters. The van der Waals surface area contributed by atoms with E-state index in [0.717, 1.165) is 28.6 Å². The highest BCUT2D eigenvalue weighted by Crippen LogP contribution is 2.23. The molecule has 4 nitrogen and oxygen atoms in total. The number of anilines is 2. The molecule has 0 aromatic carbocycles. The number of nitrogens with one attached hydrogen (secondary N) is 1. The van der Waals surface area contributed by atoms with E-state index in [0.29, 0.717) is 0 Å². The van der Waals surface area contributed by atoms with Gasteiger partial charge in [0.05, 0.1) is 24.1 Å². The maximum absolute atomic E-state index is 4.42. The predicted octanol–water partition coefficient (Wildman–Crippen LogP) is 2.52. The number of rotatable bonds is 4. The maximum Gasteiger partial charge on any atom is 0.112 e. The molecule has 0 aliphatic carbocycles. The third kappa shape index (κ3) is 2.94. The lowest BCUT2D eigenvalue weighted by atomic mass is 10.3. The Morgan fingerprint density at radius 2 is 2.24 bits per heavy atom. The quantitative estimate of drug-likeness (QED) is 0.902. The van der Waals surface area contributed by atoms with Gasteiger partial charge < -0.3 is 10.2 Å². The van der Waals surface area contributed by atoms with Gasteiger partial charge in [0.2, 0.25) is 0 Å². The highest BCUT2D eigenvalue weighted by molar-refractivity contribution is 7.09. The molecule has 2 aromatic rings. The number of nitrogens with zero attached hydrogens (tertiary/aromatic N) is 3. The fourth-order valence-corrected chi connectivity index (χ4v) is 2.28. The van der Waals surface area contributed by atoms with Crippen LogP contribution >= 0.6 is 11.3 Å². The molecule has 17 heavy (non-hydrogen) atoms. The molecule has 0 saturated heterocycles. The molecule has 90 valence electrons. The van der Waals surface area contributed by atoms with E-state index in [-0.39, 0.29) is 0 Å². The first-order chi connectivity index (χ1) is 8.16. The van der Waals surface area contributed by atoms with E-state index in [4.69, 9.17) is 0 Å². The monoisotopic (exact) mass is 248 g/mol. The summed E-state index contributed by atoms with van der Waals surface area (Å²) >= 11 is 1.68. The fourth-order valence-electron chi connectivity index (χ4n) is 1.57. The summed E-state index contributed by atoms with van der Waals surface area (Å²) in [6, 6.07) is 2.00. The second-order valence-electron chi connectivity index (χ2n) is 4.02. The van der Waals surface area contributed by atoms with E-state index in [1.807, 2.05) is 33.3 Å². The van der Waals surface area contributed by atoms with E-state index in [9.17, 15) is 0 Å². The zero-order chi connectivity index (χ0) is 12.3. The molecule has 0 unspecified atom stereocenters. The average Bonchev–Trinajstić information content (AvgIpc) is 2.73. The Bertz CT molecular complexity index is 493. The SMILES string of the molecule is Cc1csc(CNc2cnccc2N(C)C)n1. The van der Waals surface area contributed by atoms with E-state index >= 15 is 0 Å². The van der Waals surface area contributed by atoms with Gasteiger partial charge in [0.25, 0.3) is 0 Å².